The van der Waals surface area contributed by atoms with Crippen LogP contribution in [0.3, 0.4) is 0 Å². The Kier molecular flexibility index (Phi) is 7.21. The summed E-state index contributed by atoms with van der Waals surface area (Å²) in [6.45, 7) is 0.748. The van der Waals surface area contributed by atoms with Crippen LogP contribution in [0.2, 0.25) is 0 Å². The van der Waals surface area contributed by atoms with E-state index in [0.717, 1.165) is 23.1 Å². The molecule has 1 atom stereocenters. The Morgan fingerprint density at radius 3 is 2.31 bits per heavy atom. The van der Waals surface area contributed by atoms with Crippen molar-refractivity contribution < 1.29 is 22.7 Å². The molecule has 0 unspecified atom stereocenters. The third-order valence-corrected chi connectivity index (χ3v) is 7.26. The summed E-state index contributed by atoms with van der Waals surface area (Å²) in [6.07, 6.45) is 1.73. The largest absolute Gasteiger partial charge is 0.497 e. The SMILES string of the molecule is COc1cccc(CN2C(=O)CN(C(=O)c3ccc(S(C)(=O)=O)cc3)C[C@@H]2Cc2ccccc2)c1. The minimum atomic E-state index is -3.36. The molecule has 0 spiro atoms. The maximum absolute atomic E-state index is 13.3. The maximum atomic E-state index is 13.3. The molecule has 1 heterocycles. The molecule has 1 aliphatic rings. The predicted molar refractivity (Wildman–Crippen MR) is 133 cm³/mol. The number of nitrogens with zero attached hydrogens (tertiary/aromatic N) is 2. The molecule has 0 N–H and O–H groups in total. The van der Waals surface area contributed by atoms with Gasteiger partial charge in [-0.05, 0) is 53.9 Å². The Hall–Kier alpha value is -3.65. The zero-order valence-corrected chi connectivity index (χ0v) is 20.6. The molecule has 7 nitrogen and oxygen atoms in total. The first kappa shape index (κ1) is 24.5. The van der Waals surface area contributed by atoms with Gasteiger partial charge in [0.2, 0.25) is 5.91 Å². The summed E-state index contributed by atoms with van der Waals surface area (Å²) in [7, 11) is -1.75. The first-order valence-electron chi connectivity index (χ1n) is 11.3. The number of rotatable bonds is 7. The Balaban J connectivity index is 1.58. The first-order valence-corrected chi connectivity index (χ1v) is 13.2. The summed E-state index contributed by atoms with van der Waals surface area (Å²) >= 11 is 0. The number of sulfone groups is 1. The van der Waals surface area contributed by atoms with Gasteiger partial charge in [0.05, 0.1) is 18.0 Å². The first-order chi connectivity index (χ1) is 16.7. The molecule has 1 saturated heterocycles. The monoisotopic (exact) mass is 492 g/mol. The number of hydrogen-bond acceptors (Lipinski definition) is 5. The number of methoxy groups -OCH3 is 1. The van der Waals surface area contributed by atoms with Crippen LogP contribution in [-0.2, 0) is 27.6 Å². The average Bonchev–Trinajstić information content (AvgIpc) is 2.86. The van der Waals surface area contributed by atoms with Crippen LogP contribution < -0.4 is 4.74 Å². The second-order valence-electron chi connectivity index (χ2n) is 8.70. The Morgan fingerprint density at radius 1 is 0.971 bits per heavy atom. The highest BCUT2D eigenvalue weighted by atomic mass is 32.2. The van der Waals surface area contributed by atoms with E-state index in [4.69, 9.17) is 4.74 Å². The normalized spacial score (nSPS) is 16.3. The molecule has 182 valence electrons. The van der Waals surface area contributed by atoms with Crippen LogP contribution in [0.4, 0.5) is 0 Å². The number of amides is 2. The Morgan fingerprint density at radius 2 is 1.66 bits per heavy atom. The zero-order chi connectivity index (χ0) is 25.0. The van der Waals surface area contributed by atoms with Gasteiger partial charge in [0.1, 0.15) is 12.3 Å². The minimum Gasteiger partial charge on any atom is -0.497 e. The van der Waals surface area contributed by atoms with Crippen molar-refractivity contribution in [1.82, 2.24) is 9.80 Å². The van der Waals surface area contributed by atoms with E-state index in [9.17, 15) is 18.0 Å². The summed E-state index contributed by atoms with van der Waals surface area (Å²) in [5, 5.41) is 0. The molecule has 3 aromatic rings. The molecule has 8 heteroatoms. The van der Waals surface area contributed by atoms with Gasteiger partial charge in [-0.3, -0.25) is 9.59 Å². The van der Waals surface area contributed by atoms with Gasteiger partial charge in [0.15, 0.2) is 9.84 Å². The number of hydrogen-bond donors (Lipinski definition) is 0. The fraction of sp³-hybridized carbons (Fsp3) is 0.259. The fourth-order valence-electron chi connectivity index (χ4n) is 4.30. The third-order valence-electron chi connectivity index (χ3n) is 6.14. The van der Waals surface area contributed by atoms with Crippen LogP contribution in [-0.4, -0.2) is 62.5 Å². The quantitative estimate of drug-likeness (QED) is 0.506. The Bertz CT molecular complexity index is 1310. The molecule has 0 radical (unpaired) electrons. The molecule has 1 aliphatic heterocycles. The highest BCUT2D eigenvalue weighted by Crippen LogP contribution is 2.23. The van der Waals surface area contributed by atoms with E-state index in [1.807, 2.05) is 59.5 Å². The van der Waals surface area contributed by atoms with E-state index in [1.165, 1.54) is 24.3 Å². The van der Waals surface area contributed by atoms with Gasteiger partial charge < -0.3 is 14.5 Å². The van der Waals surface area contributed by atoms with Crippen molar-refractivity contribution in [3.8, 4) is 5.75 Å². The third kappa shape index (κ3) is 5.89. The second kappa shape index (κ2) is 10.3. The van der Waals surface area contributed by atoms with E-state index in [1.54, 1.807) is 12.0 Å². The number of piperazine rings is 1. The van der Waals surface area contributed by atoms with E-state index in [-0.39, 0.29) is 29.3 Å². The van der Waals surface area contributed by atoms with Gasteiger partial charge in [0.25, 0.3) is 5.91 Å². The summed E-state index contributed by atoms with van der Waals surface area (Å²) in [6, 6.07) is 23.1. The van der Waals surface area contributed by atoms with Crippen LogP contribution in [0.5, 0.6) is 5.75 Å². The van der Waals surface area contributed by atoms with Gasteiger partial charge in [-0.2, -0.15) is 0 Å². The van der Waals surface area contributed by atoms with E-state index < -0.39 is 9.84 Å². The zero-order valence-electron chi connectivity index (χ0n) is 19.8. The predicted octanol–water partition coefficient (Wildman–Crippen LogP) is 3.19. The summed E-state index contributed by atoms with van der Waals surface area (Å²) in [5.41, 5.74) is 2.38. The van der Waals surface area contributed by atoms with E-state index in [2.05, 4.69) is 0 Å². The molecule has 0 aliphatic carbocycles. The molecule has 0 bridgehead atoms. The minimum absolute atomic E-state index is 0.0398. The lowest BCUT2D eigenvalue weighted by Gasteiger charge is -2.41. The van der Waals surface area contributed by atoms with Crippen LogP contribution in [0, 0.1) is 0 Å². The van der Waals surface area contributed by atoms with Gasteiger partial charge in [0, 0.05) is 24.9 Å². The lowest BCUT2D eigenvalue weighted by molar-refractivity contribution is -0.139. The highest BCUT2D eigenvalue weighted by Gasteiger charge is 2.35. The van der Waals surface area contributed by atoms with Crippen molar-refractivity contribution in [3.05, 3.63) is 95.6 Å². The number of carbonyl (C=O) groups is 2. The fourth-order valence-corrected chi connectivity index (χ4v) is 4.93. The standard InChI is InChI=1S/C27H28N2O5S/c1-34-24-10-6-9-21(16-24)17-29-23(15-20-7-4-3-5-8-20)18-28(19-26(29)30)27(31)22-11-13-25(14-12-22)35(2,32)33/h3-14,16,23H,15,17-19H2,1-2H3/t23-/m0/s1. The van der Waals surface area contributed by atoms with Gasteiger partial charge in [-0.25, -0.2) is 8.42 Å². The topological polar surface area (TPSA) is 84.0 Å². The summed E-state index contributed by atoms with van der Waals surface area (Å²) in [5.74, 6) is 0.291. The van der Waals surface area contributed by atoms with Crippen LogP contribution in [0.25, 0.3) is 0 Å². The van der Waals surface area contributed by atoms with Gasteiger partial charge in [-0.15, -0.1) is 0 Å². The van der Waals surface area contributed by atoms with Crippen molar-refractivity contribution in [1.29, 1.82) is 0 Å². The van der Waals surface area contributed by atoms with E-state index in [0.29, 0.717) is 25.1 Å². The molecule has 4 rings (SSSR count). The molecule has 1 fully saturated rings. The second-order valence-corrected chi connectivity index (χ2v) is 10.7. The number of carbonyl (C=O) groups excluding carboxylic acids is 2. The average molecular weight is 493 g/mol. The molecule has 0 aromatic heterocycles. The van der Waals surface area contributed by atoms with Crippen molar-refractivity contribution >= 4 is 21.7 Å². The maximum Gasteiger partial charge on any atom is 0.254 e. The molecule has 35 heavy (non-hydrogen) atoms. The van der Waals surface area contributed by atoms with Gasteiger partial charge >= 0.3 is 0 Å². The summed E-state index contributed by atoms with van der Waals surface area (Å²) in [4.78, 5) is 30.1. The summed E-state index contributed by atoms with van der Waals surface area (Å²) < 4.78 is 28.8. The molecular formula is C27H28N2O5S. The number of benzene rings is 3. The molecule has 0 saturated carbocycles. The van der Waals surface area contributed by atoms with Crippen LogP contribution in [0.15, 0.2) is 83.8 Å². The van der Waals surface area contributed by atoms with Crippen molar-refractivity contribution in [2.24, 2.45) is 0 Å². The van der Waals surface area contributed by atoms with E-state index >= 15 is 0 Å². The molecule has 2 amide bonds. The number of ether oxygens (including phenoxy) is 1. The lowest BCUT2D eigenvalue weighted by Crippen LogP contribution is -2.58. The molecular weight excluding hydrogens is 464 g/mol. The molecule has 3 aromatic carbocycles. The van der Waals surface area contributed by atoms with Crippen LogP contribution >= 0.6 is 0 Å². The van der Waals surface area contributed by atoms with Crippen molar-refractivity contribution in [3.63, 3.8) is 0 Å². The highest BCUT2D eigenvalue weighted by molar-refractivity contribution is 7.90. The van der Waals surface area contributed by atoms with Crippen molar-refractivity contribution in [2.75, 3.05) is 26.5 Å². The van der Waals surface area contributed by atoms with Crippen LogP contribution in [0.1, 0.15) is 21.5 Å². The lowest BCUT2D eigenvalue weighted by atomic mass is 10.00. The smallest absolute Gasteiger partial charge is 0.254 e. The van der Waals surface area contributed by atoms with Crippen molar-refractivity contribution in [2.45, 2.75) is 23.9 Å². The Labute approximate surface area is 205 Å². The van der Waals surface area contributed by atoms with Gasteiger partial charge in [-0.1, -0.05) is 42.5 Å².